The van der Waals surface area contributed by atoms with Crippen LogP contribution in [0.25, 0.3) is 6.08 Å². The van der Waals surface area contributed by atoms with Crippen LogP contribution in [-0.4, -0.2) is 36.8 Å². The van der Waals surface area contributed by atoms with Crippen LogP contribution in [0.3, 0.4) is 0 Å². The molecule has 1 saturated carbocycles. The quantitative estimate of drug-likeness (QED) is 0.603. The summed E-state index contributed by atoms with van der Waals surface area (Å²) in [6, 6.07) is 11.0. The number of aliphatic hydroxyl groups is 1. The minimum atomic E-state index is -4.62. The molecule has 1 aliphatic carbocycles. The van der Waals surface area contributed by atoms with E-state index in [1.165, 1.54) is 12.1 Å². The number of benzene rings is 2. The highest BCUT2D eigenvalue weighted by Gasteiger charge is 2.54. The minimum absolute atomic E-state index is 0.175. The molecule has 2 unspecified atom stereocenters. The number of nitrogens with zero attached hydrogens (tertiary/aromatic N) is 1. The maximum Gasteiger partial charge on any atom is 0.417 e. The Hall–Kier alpha value is -2.02. The van der Waals surface area contributed by atoms with Crippen molar-refractivity contribution in [2.24, 2.45) is 0 Å². The Balaban J connectivity index is 2.26. The van der Waals surface area contributed by atoms with Gasteiger partial charge in [-0.25, -0.2) is 0 Å². The number of alkyl halides is 3. The number of hydrogen-bond acceptors (Lipinski definition) is 3. The minimum Gasteiger partial charge on any atom is -0.497 e. The molecule has 1 aliphatic rings. The van der Waals surface area contributed by atoms with Crippen LogP contribution in [0.4, 0.5) is 13.2 Å². The largest absolute Gasteiger partial charge is 0.497 e. The van der Waals surface area contributed by atoms with Gasteiger partial charge in [0.2, 0.25) is 0 Å². The van der Waals surface area contributed by atoms with Gasteiger partial charge in [0.05, 0.1) is 23.2 Å². The van der Waals surface area contributed by atoms with Gasteiger partial charge in [-0.3, -0.25) is 0 Å². The molecule has 0 amide bonds. The number of hydrogen-bond donors (Lipinski definition) is 1. The van der Waals surface area contributed by atoms with Gasteiger partial charge in [0, 0.05) is 0 Å². The second-order valence-corrected chi connectivity index (χ2v) is 8.78. The van der Waals surface area contributed by atoms with Gasteiger partial charge in [-0.15, -0.1) is 0 Å². The molecule has 7 heteroatoms. The third kappa shape index (κ3) is 4.21. The average Bonchev–Trinajstić information content (AvgIpc) is 2.71. The molecule has 0 radical (unpaired) electrons. The average molecular weight is 454 g/mol. The maximum atomic E-state index is 13.6. The Labute approximate surface area is 186 Å². The summed E-state index contributed by atoms with van der Waals surface area (Å²) in [5, 5.41) is 11.8. The van der Waals surface area contributed by atoms with E-state index in [2.05, 4.69) is 0 Å². The van der Waals surface area contributed by atoms with Gasteiger partial charge < -0.3 is 14.7 Å². The lowest BCUT2D eigenvalue weighted by Gasteiger charge is -2.54. The molecular weight excluding hydrogens is 427 g/mol. The van der Waals surface area contributed by atoms with E-state index >= 15 is 0 Å². The zero-order valence-electron chi connectivity index (χ0n) is 18.1. The lowest BCUT2D eigenvalue weighted by Crippen LogP contribution is -2.61. The van der Waals surface area contributed by atoms with Crippen LogP contribution in [0.1, 0.15) is 42.9 Å². The fourth-order valence-corrected chi connectivity index (χ4v) is 4.68. The SMILES string of the molecule is COc1cccc(C=C2CCCC(C)(N(C)C)C2(O)c2ccc(Cl)c(C(F)(F)F)c2)c1. The molecule has 0 aromatic heterocycles. The number of methoxy groups -OCH3 is 1. The standard InChI is InChI=1S/C24H27ClF3NO2/c1-22(29(2)3)12-6-8-17(13-16-7-5-9-19(14-16)31-4)23(22,30)18-10-11-21(25)20(15-18)24(26,27)28/h5,7,9-11,13-15,30H,6,8,12H2,1-4H3. The van der Waals surface area contributed by atoms with E-state index in [-0.39, 0.29) is 10.6 Å². The molecule has 2 aromatic rings. The Morgan fingerprint density at radius 2 is 1.87 bits per heavy atom. The monoisotopic (exact) mass is 453 g/mol. The molecule has 0 aliphatic heterocycles. The molecule has 1 N–H and O–H groups in total. The van der Waals surface area contributed by atoms with Crippen molar-refractivity contribution in [2.75, 3.05) is 21.2 Å². The zero-order chi connectivity index (χ0) is 23.0. The van der Waals surface area contributed by atoms with Gasteiger partial charge in [-0.05, 0) is 81.2 Å². The molecule has 2 atom stereocenters. The molecule has 2 aromatic carbocycles. The normalized spacial score (nSPS) is 25.8. The van der Waals surface area contributed by atoms with E-state index in [0.29, 0.717) is 24.2 Å². The summed E-state index contributed by atoms with van der Waals surface area (Å²) in [6.45, 7) is 1.88. The van der Waals surface area contributed by atoms with Crippen molar-refractivity contribution in [1.82, 2.24) is 4.90 Å². The van der Waals surface area contributed by atoms with Crippen LogP contribution in [0, 0.1) is 0 Å². The zero-order valence-corrected chi connectivity index (χ0v) is 18.8. The van der Waals surface area contributed by atoms with Crippen molar-refractivity contribution < 1.29 is 23.0 Å². The number of ether oxygens (including phenoxy) is 1. The van der Waals surface area contributed by atoms with E-state index in [1.807, 2.05) is 56.3 Å². The lowest BCUT2D eigenvalue weighted by atomic mass is 9.63. The molecule has 0 spiro atoms. The van der Waals surface area contributed by atoms with Gasteiger partial charge >= 0.3 is 6.18 Å². The topological polar surface area (TPSA) is 32.7 Å². The molecule has 3 nitrogen and oxygen atoms in total. The van der Waals surface area contributed by atoms with Crippen molar-refractivity contribution >= 4 is 17.7 Å². The van der Waals surface area contributed by atoms with E-state index in [9.17, 15) is 18.3 Å². The predicted octanol–water partition coefficient (Wildman–Crippen LogP) is 6.14. The first kappa shape index (κ1) is 23.6. The first-order valence-corrected chi connectivity index (χ1v) is 10.4. The van der Waals surface area contributed by atoms with Crippen molar-refractivity contribution in [3.05, 3.63) is 69.8 Å². The van der Waals surface area contributed by atoms with Crippen LogP contribution in [0.5, 0.6) is 5.75 Å². The molecule has 0 bridgehead atoms. The van der Waals surface area contributed by atoms with Crippen LogP contribution in [0.15, 0.2) is 48.0 Å². The van der Waals surface area contributed by atoms with E-state index < -0.39 is 22.9 Å². The van der Waals surface area contributed by atoms with Crippen molar-refractivity contribution in [3.8, 4) is 5.75 Å². The molecule has 31 heavy (non-hydrogen) atoms. The Bertz CT molecular complexity index is 989. The summed E-state index contributed by atoms with van der Waals surface area (Å²) < 4.78 is 46.1. The molecule has 0 saturated heterocycles. The molecule has 1 fully saturated rings. The Morgan fingerprint density at radius 1 is 1.16 bits per heavy atom. The van der Waals surface area contributed by atoms with Crippen molar-refractivity contribution in [3.63, 3.8) is 0 Å². The Morgan fingerprint density at radius 3 is 2.48 bits per heavy atom. The summed E-state index contributed by atoms with van der Waals surface area (Å²) in [4.78, 5) is 1.88. The smallest absolute Gasteiger partial charge is 0.417 e. The summed E-state index contributed by atoms with van der Waals surface area (Å²) >= 11 is 5.86. The van der Waals surface area contributed by atoms with E-state index in [1.54, 1.807) is 7.11 Å². The van der Waals surface area contributed by atoms with Crippen LogP contribution in [-0.2, 0) is 11.8 Å². The fourth-order valence-electron chi connectivity index (χ4n) is 4.45. The Kier molecular flexibility index (Phi) is 6.47. The maximum absolute atomic E-state index is 13.6. The van der Waals surface area contributed by atoms with Crippen LogP contribution >= 0.6 is 11.6 Å². The third-order valence-electron chi connectivity index (χ3n) is 6.47. The molecular formula is C24H27ClF3NO2. The predicted molar refractivity (Wildman–Crippen MR) is 117 cm³/mol. The van der Waals surface area contributed by atoms with E-state index in [4.69, 9.17) is 16.3 Å². The third-order valence-corrected chi connectivity index (χ3v) is 6.79. The van der Waals surface area contributed by atoms with Gasteiger partial charge in [0.1, 0.15) is 11.4 Å². The lowest BCUT2D eigenvalue weighted by molar-refractivity contribution is -0.138. The molecule has 0 heterocycles. The highest BCUT2D eigenvalue weighted by molar-refractivity contribution is 6.31. The number of halogens is 4. The summed E-state index contributed by atoms with van der Waals surface area (Å²) in [6.07, 6.45) is -0.793. The number of rotatable bonds is 4. The molecule has 168 valence electrons. The summed E-state index contributed by atoms with van der Waals surface area (Å²) in [5.41, 5.74) is -1.80. The van der Waals surface area contributed by atoms with E-state index in [0.717, 1.165) is 18.1 Å². The van der Waals surface area contributed by atoms with Crippen LogP contribution in [0.2, 0.25) is 5.02 Å². The summed E-state index contributed by atoms with van der Waals surface area (Å²) in [5.74, 6) is 0.662. The highest BCUT2D eigenvalue weighted by Crippen LogP contribution is 2.52. The highest BCUT2D eigenvalue weighted by atomic mass is 35.5. The van der Waals surface area contributed by atoms with Crippen LogP contribution < -0.4 is 4.74 Å². The summed E-state index contributed by atoms with van der Waals surface area (Å²) in [7, 11) is 5.23. The van der Waals surface area contributed by atoms with Gasteiger partial charge in [-0.1, -0.05) is 35.9 Å². The van der Waals surface area contributed by atoms with Gasteiger partial charge in [-0.2, -0.15) is 13.2 Å². The number of likely N-dealkylation sites (N-methyl/N-ethyl adjacent to an activating group) is 1. The second kappa shape index (κ2) is 8.49. The molecule has 3 rings (SSSR count). The van der Waals surface area contributed by atoms with Crippen molar-refractivity contribution in [2.45, 2.75) is 43.5 Å². The van der Waals surface area contributed by atoms with Gasteiger partial charge in [0.15, 0.2) is 0 Å². The first-order valence-electron chi connectivity index (χ1n) is 10.1. The van der Waals surface area contributed by atoms with Crippen molar-refractivity contribution in [1.29, 1.82) is 0 Å². The second-order valence-electron chi connectivity index (χ2n) is 8.37. The fraction of sp³-hybridized carbons (Fsp3) is 0.417. The van der Waals surface area contributed by atoms with Gasteiger partial charge in [0.25, 0.3) is 0 Å². The first-order chi connectivity index (χ1) is 14.4.